The van der Waals surface area contributed by atoms with Crippen LogP contribution in [0.15, 0.2) is 49.1 Å². The van der Waals surface area contributed by atoms with E-state index in [9.17, 15) is 4.79 Å². The number of rotatable bonds is 7. The summed E-state index contributed by atoms with van der Waals surface area (Å²) in [6.07, 6.45) is 7.75. The smallest absolute Gasteiger partial charge is 0.188 e. The molecule has 0 amide bonds. The van der Waals surface area contributed by atoms with Crippen LogP contribution in [0.25, 0.3) is 5.70 Å². The van der Waals surface area contributed by atoms with Gasteiger partial charge in [-0.15, -0.1) is 0 Å². The summed E-state index contributed by atoms with van der Waals surface area (Å²) in [5.74, 6) is 0.713. The van der Waals surface area contributed by atoms with E-state index in [2.05, 4.69) is 4.98 Å². The first kappa shape index (κ1) is 17.3. The maximum Gasteiger partial charge on any atom is 0.188 e. The number of imidazole rings is 1. The van der Waals surface area contributed by atoms with Gasteiger partial charge in [-0.1, -0.05) is 24.6 Å². The highest BCUT2D eigenvalue weighted by Gasteiger charge is 2.32. The molecule has 0 spiro atoms. The van der Waals surface area contributed by atoms with Crippen LogP contribution in [0.5, 0.6) is 5.75 Å². The first-order valence-corrected chi connectivity index (χ1v) is 7.93. The fraction of sp³-hybridized carbons (Fsp3) is 0.333. The second-order valence-electron chi connectivity index (χ2n) is 5.92. The molecule has 0 unspecified atom stereocenters. The quantitative estimate of drug-likeness (QED) is 0.703. The van der Waals surface area contributed by atoms with Crippen LogP contribution in [0.4, 0.5) is 0 Å². The third-order valence-electron chi connectivity index (χ3n) is 3.44. The first-order chi connectivity index (χ1) is 10.9. The van der Waals surface area contributed by atoms with Gasteiger partial charge in [0, 0.05) is 17.4 Å². The fourth-order valence-electron chi connectivity index (χ4n) is 2.12. The van der Waals surface area contributed by atoms with Gasteiger partial charge < -0.3 is 9.30 Å². The van der Waals surface area contributed by atoms with Crippen molar-refractivity contribution >= 4 is 23.1 Å². The normalized spacial score (nSPS) is 12.3. The Bertz CT molecular complexity index is 674. The van der Waals surface area contributed by atoms with Gasteiger partial charge in [0.1, 0.15) is 12.4 Å². The van der Waals surface area contributed by atoms with Crippen LogP contribution in [0, 0.1) is 5.41 Å². The molecule has 1 aromatic carbocycles. The minimum absolute atomic E-state index is 0.0197. The summed E-state index contributed by atoms with van der Waals surface area (Å²) in [4.78, 5) is 16.9. The largest absolute Gasteiger partial charge is 0.493 e. The molecule has 0 saturated heterocycles. The van der Waals surface area contributed by atoms with Gasteiger partial charge in [0.05, 0.1) is 17.4 Å². The van der Waals surface area contributed by atoms with Crippen molar-refractivity contribution in [2.75, 3.05) is 6.61 Å². The van der Waals surface area contributed by atoms with E-state index in [1.165, 1.54) is 0 Å². The Morgan fingerprint density at radius 1 is 1.35 bits per heavy atom. The zero-order chi connectivity index (χ0) is 16.9. The molecule has 2 rings (SSSR count). The van der Waals surface area contributed by atoms with Crippen molar-refractivity contribution < 1.29 is 9.53 Å². The fourth-order valence-corrected chi connectivity index (χ4v) is 2.24. The Kier molecular flexibility index (Phi) is 5.61. The highest BCUT2D eigenvalue weighted by Crippen LogP contribution is 2.26. The van der Waals surface area contributed by atoms with Gasteiger partial charge in [0.2, 0.25) is 0 Å². The van der Waals surface area contributed by atoms with Crippen molar-refractivity contribution in [2.45, 2.75) is 27.2 Å². The van der Waals surface area contributed by atoms with E-state index < -0.39 is 5.41 Å². The van der Waals surface area contributed by atoms with Gasteiger partial charge in [0.25, 0.3) is 0 Å². The van der Waals surface area contributed by atoms with Crippen molar-refractivity contribution in [2.24, 2.45) is 5.41 Å². The number of Topliss-reactive ketones (excluding diaryl/α,β-unsaturated/α-hetero) is 1. The van der Waals surface area contributed by atoms with Gasteiger partial charge in [0.15, 0.2) is 5.78 Å². The zero-order valence-corrected chi connectivity index (χ0v) is 14.4. The van der Waals surface area contributed by atoms with Gasteiger partial charge in [-0.2, -0.15) is 0 Å². The number of carbonyl (C=O) groups is 1. The molecule has 2 aromatic rings. The molecule has 0 saturated carbocycles. The van der Waals surface area contributed by atoms with Crippen LogP contribution in [0.2, 0.25) is 5.02 Å². The lowest BCUT2D eigenvalue weighted by Gasteiger charge is -2.25. The Hall–Kier alpha value is -2.07. The molecule has 0 aliphatic rings. The number of halogens is 1. The lowest BCUT2D eigenvalue weighted by atomic mass is 9.86. The monoisotopic (exact) mass is 332 g/mol. The Balaban J connectivity index is 2.12. The van der Waals surface area contributed by atoms with E-state index in [4.69, 9.17) is 16.3 Å². The zero-order valence-electron chi connectivity index (χ0n) is 13.6. The van der Waals surface area contributed by atoms with Crippen molar-refractivity contribution in [3.63, 3.8) is 0 Å². The molecular weight excluding hydrogens is 312 g/mol. The molecule has 122 valence electrons. The van der Waals surface area contributed by atoms with Crippen molar-refractivity contribution in [3.05, 3.63) is 54.1 Å². The lowest BCUT2D eigenvalue weighted by Crippen LogP contribution is -2.33. The highest BCUT2D eigenvalue weighted by molar-refractivity contribution is 6.30. The Labute approximate surface area is 141 Å². The van der Waals surface area contributed by atoms with Gasteiger partial charge >= 0.3 is 0 Å². The van der Waals surface area contributed by atoms with Crippen molar-refractivity contribution in [3.8, 4) is 5.75 Å². The molecule has 1 heterocycles. The Morgan fingerprint density at radius 3 is 2.61 bits per heavy atom. The predicted molar refractivity (Wildman–Crippen MR) is 92.5 cm³/mol. The highest BCUT2D eigenvalue weighted by atomic mass is 35.5. The van der Waals surface area contributed by atoms with Crippen molar-refractivity contribution in [1.82, 2.24) is 9.55 Å². The second-order valence-corrected chi connectivity index (χ2v) is 6.36. The van der Waals surface area contributed by atoms with Gasteiger partial charge in [-0.25, -0.2) is 4.98 Å². The second kappa shape index (κ2) is 7.47. The van der Waals surface area contributed by atoms with E-state index in [0.717, 1.165) is 6.42 Å². The number of aromatic nitrogens is 2. The number of ketones is 1. The molecule has 4 nitrogen and oxygen atoms in total. The van der Waals surface area contributed by atoms with Crippen LogP contribution < -0.4 is 4.74 Å². The molecule has 0 fully saturated rings. The summed E-state index contributed by atoms with van der Waals surface area (Å²) in [6.45, 7) is 6.04. The van der Waals surface area contributed by atoms with E-state index in [-0.39, 0.29) is 12.4 Å². The third kappa shape index (κ3) is 4.45. The topological polar surface area (TPSA) is 44.1 Å². The number of hydrogen-bond donors (Lipinski definition) is 0. The first-order valence-electron chi connectivity index (χ1n) is 7.55. The Morgan fingerprint density at radius 2 is 2.04 bits per heavy atom. The molecular formula is C18H21ClN2O2. The van der Waals surface area contributed by atoms with Crippen LogP contribution in [-0.4, -0.2) is 21.9 Å². The summed E-state index contributed by atoms with van der Waals surface area (Å²) in [7, 11) is 0. The van der Waals surface area contributed by atoms with Crippen LogP contribution in [0.3, 0.4) is 0 Å². The summed E-state index contributed by atoms with van der Waals surface area (Å²) >= 11 is 5.86. The number of carbonyl (C=O) groups excluding carboxylic acids is 1. The number of ether oxygens (including phenoxy) is 1. The molecule has 0 radical (unpaired) electrons. The average molecular weight is 333 g/mol. The van der Waals surface area contributed by atoms with Crippen molar-refractivity contribution in [1.29, 1.82) is 0 Å². The van der Waals surface area contributed by atoms with Crippen LogP contribution in [-0.2, 0) is 4.79 Å². The molecule has 0 bridgehead atoms. The molecule has 0 aliphatic heterocycles. The number of hydrogen-bond acceptors (Lipinski definition) is 3. The maximum atomic E-state index is 12.9. The lowest BCUT2D eigenvalue weighted by molar-refractivity contribution is -0.123. The number of benzene rings is 1. The molecule has 23 heavy (non-hydrogen) atoms. The van der Waals surface area contributed by atoms with E-state index in [1.807, 2.05) is 26.8 Å². The average Bonchev–Trinajstić information content (AvgIpc) is 3.05. The predicted octanol–water partition coefficient (Wildman–Crippen LogP) is 4.46. The molecule has 0 aliphatic carbocycles. The van der Waals surface area contributed by atoms with E-state index >= 15 is 0 Å². The van der Waals surface area contributed by atoms with Gasteiger partial charge in [-0.3, -0.25) is 4.79 Å². The molecule has 1 aromatic heterocycles. The molecule has 0 N–H and O–H groups in total. The van der Waals surface area contributed by atoms with E-state index in [1.54, 1.807) is 47.6 Å². The SMILES string of the molecule is CCC=C(C(=O)C(C)(C)COc1ccc(Cl)cc1)n1ccnc1. The number of allylic oxidation sites excluding steroid dienone is 2. The summed E-state index contributed by atoms with van der Waals surface area (Å²) < 4.78 is 7.51. The summed E-state index contributed by atoms with van der Waals surface area (Å²) in [6, 6.07) is 7.11. The number of nitrogens with zero attached hydrogens (tertiary/aromatic N) is 2. The minimum atomic E-state index is -0.662. The molecule has 5 heteroatoms. The van der Waals surface area contributed by atoms with Crippen LogP contribution in [0.1, 0.15) is 27.2 Å². The summed E-state index contributed by atoms with van der Waals surface area (Å²) in [5, 5.41) is 0.654. The van der Waals surface area contributed by atoms with Crippen LogP contribution >= 0.6 is 11.6 Å². The standard InChI is InChI=1S/C18H21ClN2O2/c1-4-5-16(21-11-10-20-13-21)17(22)18(2,3)12-23-15-8-6-14(19)7-9-15/h5-11,13H,4,12H2,1-3H3. The minimum Gasteiger partial charge on any atom is -0.493 e. The third-order valence-corrected chi connectivity index (χ3v) is 3.69. The van der Waals surface area contributed by atoms with E-state index in [0.29, 0.717) is 16.5 Å². The molecule has 0 atom stereocenters. The van der Waals surface area contributed by atoms with Gasteiger partial charge in [-0.05, 0) is 44.5 Å². The summed E-state index contributed by atoms with van der Waals surface area (Å²) in [5.41, 5.74) is -0.0417. The maximum absolute atomic E-state index is 12.9.